The van der Waals surface area contributed by atoms with Crippen LogP contribution < -0.4 is 11.1 Å². The number of benzene rings is 3. The van der Waals surface area contributed by atoms with Crippen LogP contribution in [0.3, 0.4) is 0 Å². The van der Waals surface area contributed by atoms with Crippen LogP contribution in [0.25, 0.3) is 21.8 Å². The average molecular weight is 419 g/mol. The fraction of sp³-hybridized carbons (Fsp3) is 0.143. The van der Waals surface area contributed by atoms with Gasteiger partial charge in [0.1, 0.15) is 0 Å². The van der Waals surface area contributed by atoms with Crippen molar-refractivity contribution in [2.75, 3.05) is 11.9 Å². The van der Waals surface area contributed by atoms with Crippen LogP contribution in [0.5, 0.6) is 0 Å². The van der Waals surface area contributed by atoms with Gasteiger partial charge in [-0.2, -0.15) is 0 Å². The highest BCUT2D eigenvalue weighted by molar-refractivity contribution is 6.42. The summed E-state index contributed by atoms with van der Waals surface area (Å²) in [6.07, 6.45) is 0. The number of nitrogens with one attached hydrogen (secondary N) is 1. The van der Waals surface area contributed by atoms with E-state index >= 15 is 0 Å². The van der Waals surface area contributed by atoms with Crippen molar-refractivity contribution in [3.8, 4) is 0 Å². The van der Waals surface area contributed by atoms with Crippen molar-refractivity contribution >= 4 is 62.3 Å². The van der Waals surface area contributed by atoms with Crippen LogP contribution in [0.15, 0.2) is 54.6 Å². The number of rotatable bonds is 5. The minimum atomic E-state index is 0.561. The van der Waals surface area contributed by atoms with Gasteiger partial charge in [-0.05, 0) is 54.1 Å². The van der Waals surface area contributed by atoms with Crippen LogP contribution in [0.1, 0.15) is 5.56 Å². The fourth-order valence-electron chi connectivity index (χ4n) is 3.41. The van der Waals surface area contributed by atoms with E-state index in [4.69, 9.17) is 40.5 Å². The molecule has 6 heteroatoms. The normalized spacial score (nSPS) is 11.4. The number of anilines is 1. The van der Waals surface area contributed by atoms with Crippen LogP contribution in [-0.4, -0.2) is 11.1 Å². The van der Waals surface area contributed by atoms with E-state index in [0.29, 0.717) is 23.1 Å². The Morgan fingerprint density at radius 1 is 0.815 bits per heavy atom. The van der Waals surface area contributed by atoms with Crippen LogP contribution >= 0.6 is 34.8 Å². The third-order valence-electron chi connectivity index (χ3n) is 4.66. The summed E-state index contributed by atoms with van der Waals surface area (Å²) in [4.78, 5) is 0. The van der Waals surface area contributed by atoms with Crippen molar-refractivity contribution in [3.05, 3.63) is 75.2 Å². The zero-order chi connectivity index (χ0) is 19.0. The van der Waals surface area contributed by atoms with Crippen molar-refractivity contribution in [1.82, 2.24) is 4.57 Å². The molecule has 3 aromatic carbocycles. The SMILES string of the molecule is NCCn1c2ccc(Cl)cc2c2cc(NCc3ccc(Cl)c(Cl)c3)ccc21. The molecule has 0 atom stereocenters. The van der Waals surface area contributed by atoms with Gasteiger partial charge in [0.2, 0.25) is 0 Å². The zero-order valence-corrected chi connectivity index (χ0v) is 16.7. The van der Waals surface area contributed by atoms with Gasteiger partial charge in [-0.1, -0.05) is 40.9 Å². The highest BCUT2D eigenvalue weighted by atomic mass is 35.5. The van der Waals surface area contributed by atoms with Crippen LogP contribution in [0.4, 0.5) is 5.69 Å². The molecule has 1 heterocycles. The first kappa shape index (κ1) is 18.5. The zero-order valence-electron chi connectivity index (χ0n) is 14.5. The van der Waals surface area contributed by atoms with Gasteiger partial charge in [-0.15, -0.1) is 0 Å². The molecule has 0 fully saturated rings. The van der Waals surface area contributed by atoms with Crippen LogP contribution in [0.2, 0.25) is 15.1 Å². The quantitative estimate of drug-likeness (QED) is 0.398. The van der Waals surface area contributed by atoms with Crippen molar-refractivity contribution in [3.63, 3.8) is 0 Å². The van der Waals surface area contributed by atoms with Gasteiger partial charge in [-0.3, -0.25) is 0 Å². The highest BCUT2D eigenvalue weighted by Crippen LogP contribution is 2.33. The smallest absolute Gasteiger partial charge is 0.0595 e. The lowest BCUT2D eigenvalue weighted by Gasteiger charge is -2.09. The van der Waals surface area contributed by atoms with Gasteiger partial charge in [0.25, 0.3) is 0 Å². The van der Waals surface area contributed by atoms with Gasteiger partial charge in [0, 0.05) is 52.2 Å². The molecule has 4 rings (SSSR count). The van der Waals surface area contributed by atoms with Gasteiger partial charge >= 0.3 is 0 Å². The Morgan fingerprint density at radius 2 is 1.56 bits per heavy atom. The Hall–Kier alpha value is -1.91. The van der Waals surface area contributed by atoms with Crippen molar-refractivity contribution in [1.29, 1.82) is 0 Å². The first-order valence-electron chi connectivity index (χ1n) is 8.66. The second-order valence-electron chi connectivity index (χ2n) is 6.44. The molecule has 3 N–H and O–H groups in total. The summed E-state index contributed by atoms with van der Waals surface area (Å²) >= 11 is 18.3. The van der Waals surface area contributed by atoms with E-state index in [1.807, 2.05) is 30.3 Å². The molecule has 0 saturated carbocycles. The molecule has 0 amide bonds. The Morgan fingerprint density at radius 3 is 2.30 bits per heavy atom. The maximum Gasteiger partial charge on any atom is 0.0595 e. The van der Waals surface area contributed by atoms with Crippen molar-refractivity contribution in [2.24, 2.45) is 5.73 Å². The lowest BCUT2D eigenvalue weighted by Crippen LogP contribution is -2.09. The molecule has 27 heavy (non-hydrogen) atoms. The molecule has 0 aliphatic rings. The third-order valence-corrected chi connectivity index (χ3v) is 5.63. The van der Waals surface area contributed by atoms with Crippen LogP contribution in [0, 0.1) is 0 Å². The minimum absolute atomic E-state index is 0.561. The van der Waals surface area contributed by atoms with E-state index in [1.54, 1.807) is 0 Å². The Kier molecular flexibility index (Phi) is 5.20. The largest absolute Gasteiger partial charge is 0.381 e. The minimum Gasteiger partial charge on any atom is -0.381 e. The monoisotopic (exact) mass is 417 g/mol. The summed E-state index contributed by atoms with van der Waals surface area (Å²) in [6, 6.07) is 18.0. The maximum atomic E-state index is 6.24. The van der Waals surface area contributed by atoms with Gasteiger partial charge in [-0.25, -0.2) is 0 Å². The van der Waals surface area contributed by atoms with E-state index in [9.17, 15) is 0 Å². The molecule has 0 radical (unpaired) electrons. The molecule has 1 aromatic heterocycles. The molecule has 0 aliphatic carbocycles. The maximum absolute atomic E-state index is 6.24. The Labute approximate surface area is 172 Å². The first-order valence-corrected chi connectivity index (χ1v) is 9.79. The molecular formula is C21H18Cl3N3. The third kappa shape index (κ3) is 3.61. The number of hydrogen-bond acceptors (Lipinski definition) is 2. The highest BCUT2D eigenvalue weighted by Gasteiger charge is 2.11. The molecule has 0 unspecified atom stereocenters. The predicted molar refractivity (Wildman–Crippen MR) is 117 cm³/mol. The van der Waals surface area contributed by atoms with E-state index < -0.39 is 0 Å². The Balaban J connectivity index is 1.71. The molecule has 0 aliphatic heterocycles. The topological polar surface area (TPSA) is 43.0 Å². The lowest BCUT2D eigenvalue weighted by molar-refractivity contribution is 0.758. The molecule has 3 nitrogen and oxygen atoms in total. The summed E-state index contributed by atoms with van der Waals surface area (Å²) in [5.74, 6) is 0. The molecule has 0 saturated heterocycles. The number of hydrogen-bond donors (Lipinski definition) is 2. The van der Waals surface area contributed by atoms with E-state index in [0.717, 1.165) is 44.6 Å². The molecule has 4 aromatic rings. The summed E-state index contributed by atoms with van der Waals surface area (Å²) in [7, 11) is 0. The fourth-order valence-corrected chi connectivity index (χ4v) is 3.90. The average Bonchev–Trinajstić information content (AvgIpc) is 2.96. The second-order valence-corrected chi connectivity index (χ2v) is 7.69. The molecular weight excluding hydrogens is 401 g/mol. The standard InChI is InChI=1S/C21H18Cl3N3/c22-14-2-5-20-16(10-14)17-11-15(3-6-21(17)27(20)8-7-25)26-12-13-1-4-18(23)19(24)9-13/h1-6,9-11,26H,7-8,12,25H2. The van der Waals surface area contributed by atoms with Gasteiger partial charge in [0.05, 0.1) is 10.0 Å². The van der Waals surface area contributed by atoms with Crippen molar-refractivity contribution in [2.45, 2.75) is 13.1 Å². The van der Waals surface area contributed by atoms with Crippen LogP contribution in [-0.2, 0) is 13.1 Å². The number of nitrogens with zero attached hydrogens (tertiary/aromatic N) is 1. The Bertz CT molecular complexity index is 1130. The number of aromatic nitrogens is 1. The summed E-state index contributed by atoms with van der Waals surface area (Å²) in [5.41, 5.74) is 10.2. The second kappa shape index (κ2) is 7.61. The first-order chi connectivity index (χ1) is 13.1. The van der Waals surface area contributed by atoms with E-state index in [-0.39, 0.29) is 0 Å². The number of nitrogens with two attached hydrogens (primary N) is 1. The van der Waals surface area contributed by atoms with Crippen molar-refractivity contribution < 1.29 is 0 Å². The molecule has 0 spiro atoms. The predicted octanol–water partition coefficient (Wildman–Crippen LogP) is 6.33. The lowest BCUT2D eigenvalue weighted by atomic mass is 10.1. The van der Waals surface area contributed by atoms with E-state index in [1.165, 1.54) is 0 Å². The molecule has 138 valence electrons. The summed E-state index contributed by atoms with van der Waals surface area (Å²) in [5, 5.41) is 7.58. The summed E-state index contributed by atoms with van der Waals surface area (Å²) in [6.45, 7) is 2.00. The summed E-state index contributed by atoms with van der Waals surface area (Å²) < 4.78 is 2.24. The van der Waals surface area contributed by atoms with Gasteiger partial charge < -0.3 is 15.6 Å². The van der Waals surface area contributed by atoms with E-state index in [2.05, 4.69) is 34.1 Å². The number of fused-ring (bicyclic) bond motifs is 3. The van der Waals surface area contributed by atoms with Gasteiger partial charge in [0.15, 0.2) is 0 Å². The number of halogens is 3. The molecule has 0 bridgehead atoms.